The van der Waals surface area contributed by atoms with E-state index in [1.165, 1.54) is 0 Å². The molecule has 2 aromatic carbocycles. The number of rotatable bonds is 7. The summed E-state index contributed by atoms with van der Waals surface area (Å²) in [7, 11) is 1.98. The molecule has 0 unspecified atom stereocenters. The molecule has 27 heavy (non-hydrogen) atoms. The third-order valence-corrected chi connectivity index (χ3v) is 5.15. The second-order valence-corrected chi connectivity index (χ2v) is 7.28. The van der Waals surface area contributed by atoms with Crippen molar-refractivity contribution < 1.29 is 4.39 Å². The molecule has 0 radical (unpaired) electrons. The molecule has 0 saturated carbocycles. The minimum absolute atomic E-state index is 0.230. The zero-order chi connectivity index (χ0) is 19.2. The monoisotopic (exact) mass is 426 g/mol. The third-order valence-electron chi connectivity index (χ3n) is 4.51. The SMILES string of the molecule is Cn1cncc1CN(CCCc1ccc(Br)c(F)c1)c1ccc(C#N)cc1. The molecule has 0 saturated heterocycles. The minimum Gasteiger partial charge on any atom is -0.366 e. The summed E-state index contributed by atoms with van der Waals surface area (Å²) >= 11 is 3.19. The van der Waals surface area contributed by atoms with Crippen LogP contribution < -0.4 is 4.90 Å². The molecule has 3 rings (SSSR count). The number of anilines is 1. The van der Waals surface area contributed by atoms with Crippen molar-refractivity contribution in [3.05, 3.63) is 82.1 Å². The molecule has 0 aliphatic heterocycles. The lowest BCUT2D eigenvalue weighted by atomic mass is 10.1. The summed E-state index contributed by atoms with van der Waals surface area (Å²) in [5.41, 5.74) is 3.78. The summed E-state index contributed by atoms with van der Waals surface area (Å²) in [4.78, 5) is 6.45. The maximum atomic E-state index is 13.7. The molecular weight excluding hydrogens is 407 g/mol. The standard InChI is InChI=1S/C21H20BrFN4/c1-26-15-25-13-19(26)14-27(18-7-4-17(12-24)5-8-18)10-2-3-16-6-9-20(22)21(23)11-16/h4-9,11,13,15H,2-3,10,14H2,1H3. The van der Waals surface area contributed by atoms with Crippen LogP contribution in [-0.2, 0) is 20.0 Å². The fraction of sp³-hybridized carbons (Fsp3) is 0.238. The molecule has 0 fully saturated rings. The first-order chi connectivity index (χ1) is 13.1. The number of hydrogen-bond donors (Lipinski definition) is 0. The van der Waals surface area contributed by atoms with Crippen molar-refractivity contribution in [2.24, 2.45) is 7.05 Å². The second kappa shape index (κ2) is 8.83. The maximum absolute atomic E-state index is 13.7. The van der Waals surface area contributed by atoms with Gasteiger partial charge in [0.05, 0.1) is 34.7 Å². The Morgan fingerprint density at radius 3 is 2.63 bits per heavy atom. The summed E-state index contributed by atoms with van der Waals surface area (Å²) in [6.45, 7) is 1.53. The zero-order valence-corrected chi connectivity index (χ0v) is 16.7. The lowest BCUT2D eigenvalue weighted by Crippen LogP contribution is -2.25. The van der Waals surface area contributed by atoms with Crippen LogP contribution in [0.4, 0.5) is 10.1 Å². The van der Waals surface area contributed by atoms with Crippen molar-refractivity contribution in [3.63, 3.8) is 0 Å². The van der Waals surface area contributed by atoms with E-state index >= 15 is 0 Å². The first kappa shape index (κ1) is 19.1. The Balaban J connectivity index is 1.71. The molecule has 1 aromatic heterocycles. The number of aromatic nitrogens is 2. The summed E-state index contributed by atoms with van der Waals surface area (Å²) < 4.78 is 16.2. The lowest BCUT2D eigenvalue weighted by molar-refractivity contribution is 0.617. The molecule has 0 bridgehead atoms. The van der Waals surface area contributed by atoms with Gasteiger partial charge in [0.15, 0.2) is 0 Å². The Morgan fingerprint density at radius 2 is 2.00 bits per heavy atom. The van der Waals surface area contributed by atoms with E-state index in [0.717, 1.165) is 42.9 Å². The number of benzene rings is 2. The fourth-order valence-electron chi connectivity index (χ4n) is 2.95. The van der Waals surface area contributed by atoms with E-state index in [-0.39, 0.29) is 5.82 Å². The molecular formula is C21H20BrFN4. The summed E-state index contributed by atoms with van der Waals surface area (Å²) in [6, 6.07) is 15.0. The summed E-state index contributed by atoms with van der Waals surface area (Å²) in [6.07, 6.45) is 5.33. The molecule has 6 heteroatoms. The van der Waals surface area contributed by atoms with Gasteiger partial charge in [-0.3, -0.25) is 0 Å². The largest absolute Gasteiger partial charge is 0.366 e. The molecule has 3 aromatic rings. The van der Waals surface area contributed by atoms with E-state index in [2.05, 4.69) is 31.9 Å². The maximum Gasteiger partial charge on any atom is 0.137 e. The van der Waals surface area contributed by atoms with Crippen molar-refractivity contribution in [3.8, 4) is 6.07 Å². The van der Waals surface area contributed by atoms with Gasteiger partial charge < -0.3 is 9.47 Å². The van der Waals surface area contributed by atoms with Gasteiger partial charge in [-0.1, -0.05) is 6.07 Å². The van der Waals surface area contributed by atoms with Gasteiger partial charge in [-0.15, -0.1) is 0 Å². The number of hydrogen-bond acceptors (Lipinski definition) is 3. The quantitative estimate of drug-likeness (QED) is 0.543. The van der Waals surface area contributed by atoms with Crippen molar-refractivity contribution in [1.29, 1.82) is 5.26 Å². The Morgan fingerprint density at radius 1 is 1.22 bits per heavy atom. The average Bonchev–Trinajstić information content (AvgIpc) is 3.08. The van der Waals surface area contributed by atoms with Crippen LogP contribution in [0.15, 0.2) is 59.5 Å². The van der Waals surface area contributed by atoms with Crippen LogP contribution in [0, 0.1) is 17.1 Å². The topological polar surface area (TPSA) is 44.9 Å². The van der Waals surface area contributed by atoms with E-state index in [1.807, 2.05) is 48.1 Å². The van der Waals surface area contributed by atoms with Crippen molar-refractivity contribution in [1.82, 2.24) is 9.55 Å². The highest BCUT2D eigenvalue weighted by Gasteiger charge is 2.10. The van der Waals surface area contributed by atoms with Gasteiger partial charge in [-0.25, -0.2) is 9.37 Å². The normalized spacial score (nSPS) is 10.6. The third kappa shape index (κ3) is 4.95. The molecule has 0 amide bonds. The van der Waals surface area contributed by atoms with Crippen molar-refractivity contribution in [2.45, 2.75) is 19.4 Å². The number of aryl methyl sites for hydroxylation is 2. The zero-order valence-electron chi connectivity index (χ0n) is 15.1. The van der Waals surface area contributed by atoms with Gasteiger partial charge in [0, 0.05) is 25.5 Å². The number of imidazole rings is 1. The highest BCUT2D eigenvalue weighted by Crippen LogP contribution is 2.20. The highest BCUT2D eigenvalue weighted by atomic mass is 79.9. The van der Waals surface area contributed by atoms with E-state index in [0.29, 0.717) is 10.0 Å². The van der Waals surface area contributed by atoms with E-state index in [1.54, 1.807) is 18.5 Å². The van der Waals surface area contributed by atoms with Crippen LogP contribution in [0.2, 0.25) is 0 Å². The summed E-state index contributed by atoms with van der Waals surface area (Å²) in [5, 5.41) is 9.01. The van der Waals surface area contributed by atoms with Gasteiger partial charge in [0.2, 0.25) is 0 Å². The Hall–Kier alpha value is -2.65. The van der Waals surface area contributed by atoms with Crippen LogP contribution in [-0.4, -0.2) is 16.1 Å². The van der Waals surface area contributed by atoms with E-state index in [9.17, 15) is 4.39 Å². The number of nitriles is 1. The molecule has 4 nitrogen and oxygen atoms in total. The smallest absolute Gasteiger partial charge is 0.137 e. The molecule has 0 spiro atoms. The van der Waals surface area contributed by atoms with Gasteiger partial charge in [0.1, 0.15) is 5.82 Å². The Labute approximate surface area is 167 Å². The highest BCUT2D eigenvalue weighted by molar-refractivity contribution is 9.10. The molecule has 0 aliphatic carbocycles. The van der Waals surface area contributed by atoms with Crippen molar-refractivity contribution in [2.75, 3.05) is 11.4 Å². The van der Waals surface area contributed by atoms with Gasteiger partial charge >= 0.3 is 0 Å². The van der Waals surface area contributed by atoms with Crippen LogP contribution in [0.5, 0.6) is 0 Å². The van der Waals surface area contributed by atoms with Crippen LogP contribution in [0.1, 0.15) is 23.2 Å². The van der Waals surface area contributed by atoms with Crippen LogP contribution in [0.3, 0.4) is 0 Å². The molecule has 138 valence electrons. The molecule has 0 atom stereocenters. The molecule has 0 N–H and O–H groups in total. The number of nitrogens with zero attached hydrogens (tertiary/aromatic N) is 4. The average molecular weight is 427 g/mol. The van der Waals surface area contributed by atoms with E-state index in [4.69, 9.17) is 5.26 Å². The predicted molar refractivity (Wildman–Crippen MR) is 108 cm³/mol. The minimum atomic E-state index is -0.230. The first-order valence-electron chi connectivity index (χ1n) is 8.71. The Kier molecular flexibility index (Phi) is 6.25. The van der Waals surface area contributed by atoms with E-state index < -0.39 is 0 Å². The number of halogens is 2. The van der Waals surface area contributed by atoms with Gasteiger partial charge in [-0.05, 0) is 70.7 Å². The fourth-order valence-corrected chi connectivity index (χ4v) is 3.19. The van der Waals surface area contributed by atoms with Crippen LogP contribution in [0.25, 0.3) is 0 Å². The van der Waals surface area contributed by atoms with Crippen molar-refractivity contribution >= 4 is 21.6 Å². The van der Waals surface area contributed by atoms with Gasteiger partial charge in [-0.2, -0.15) is 5.26 Å². The second-order valence-electron chi connectivity index (χ2n) is 6.43. The summed E-state index contributed by atoms with van der Waals surface area (Å²) in [5.74, 6) is -0.230. The molecule has 1 heterocycles. The lowest BCUT2D eigenvalue weighted by Gasteiger charge is -2.25. The van der Waals surface area contributed by atoms with Gasteiger partial charge in [0.25, 0.3) is 0 Å². The Bertz CT molecular complexity index is 944. The molecule has 0 aliphatic rings. The predicted octanol–water partition coefficient (Wildman–Crippen LogP) is 4.83. The first-order valence-corrected chi connectivity index (χ1v) is 9.50. The van der Waals surface area contributed by atoms with Crippen LogP contribution >= 0.6 is 15.9 Å².